The molecular formula is C40H37N3O4S. The number of amides is 3. The maximum atomic E-state index is 13.8. The average molecular weight is 656 g/mol. The molecule has 0 saturated heterocycles. The molecule has 242 valence electrons. The van der Waals surface area contributed by atoms with Crippen molar-refractivity contribution in [3.8, 4) is 5.75 Å². The van der Waals surface area contributed by atoms with E-state index in [1.54, 1.807) is 36.4 Å². The van der Waals surface area contributed by atoms with Crippen LogP contribution >= 0.6 is 11.8 Å². The maximum Gasteiger partial charge on any atom is 0.272 e. The first kappa shape index (κ1) is 33.8. The van der Waals surface area contributed by atoms with Gasteiger partial charge in [-0.15, -0.1) is 11.8 Å². The van der Waals surface area contributed by atoms with Gasteiger partial charge in [0.05, 0.1) is 6.61 Å². The number of rotatable bonds is 12. The Labute approximate surface area is 285 Å². The largest absolute Gasteiger partial charge is 0.493 e. The molecule has 0 saturated carbocycles. The van der Waals surface area contributed by atoms with E-state index in [0.717, 1.165) is 27.3 Å². The molecule has 1 atom stereocenters. The van der Waals surface area contributed by atoms with Crippen molar-refractivity contribution in [1.29, 1.82) is 0 Å². The highest BCUT2D eigenvalue weighted by Gasteiger charge is 2.23. The van der Waals surface area contributed by atoms with Crippen molar-refractivity contribution in [2.45, 2.75) is 30.9 Å². The van der Waals surface area contributed by atoms with E-state index in [1.165, 1.54) is 11.8 Å². The summed E-state index contributed by atoms with van der Waals surface area (Å²) in [6.45, 7) is 6.31. The second-order valence-electron chi connectivity index (χ2n) is 11.0. The Morgan fingerprint density at radius 2 is 1.48 bits per heavy atom. The van der Waals surface area contributed by atoms with Crippen molar-refractivity contribution < 1.29 is 19.1 Å². The Morgan fingerprint density at radius 3 is 2.21 bits per heavy atom. The van der Waals surface area contributed by atoms with E-state index in [-0.39, 0.29) is 11.6 Å². The van der Waals surface area contributed by atoms with Crippen LogP contribution < -0.4 is 20.7 Å². The van der Waals surface area contributed by atoms with E-state index in [9.17, 15) is 14.4 Å². The third-order valence-electron chi connectivity index (χ3n) is 7.37. The molecule has 0 radical (unpaired) electrons. The van der Waals surface area contributed by atoms with Crippen LogP contribution in [-0.4, -0.2) is 24.3 Å². The summed E-state index contributed by atoms with van der Waals surface area (Å²) in [4.78, 5) is 41.4. The van der Waals surface area contributed by atoms with E-state index in [4.69, 9.17) is 4.74 Å². The fourth-order valence-electron chi connectivity index (χ4n) is 5.02. The number of hydrogen-bond acceptors (Lipinski definition) is 5. The molecule has 3 amide bonds. The molecule has 8 heteroatoms. The van der Waals surface area contributed by atoms with Crippen LogP contribution in [0.25, 0.3) is 6.08 Å². The van der Waals surface area contributed by atoms with Gasteiger partial charge in [-0.2, -0.15) is 0 Å². The van der Waals surface area contributed by atoms with Gasteiger partial charge in [-0.05, 0) is 80.4 Å². The van der Waals surface area contributed by atoms with Crippen LogP contribution in [0.15, 0.2) is 138 Å². The van der Waals surface area contributed by atoms with Gasteiger partial charge >= 0.3 is 0 Å². The number of carbonyl (C=O) groups is 3. The van der Waals surface area contributed by atoms with Crippen LogP contribution in [0.4, 0.5) is 11.4 Å². The van der Waals surface area contributed by atoms with E-state index in [1.807, 2.05) is 118 Å². The molecule has 48 heavy (non-hydrogen) atoms. The van der Waals surface area contributed by atoms with Crippen LogP contribution in [0.5, 0.6) is 5.75 Å². The second kappa shape index (κ2) is 16.3. The highest BCUT2D eigenvalue weighted by atomic mass is 32.2. The molecule has 0 heterocycles. The molecule has 5 aromatic rings. The quantitative estimate of drug-likeness (QED) is 0.0924. The topological polar surface area (TPSA) is 96.5 Å². The molecular weight excluding hydrogens is 619 g/mol. The van der Waals surface area contributed by atoms with Gasteiger partial charge in [0.25, 0.3) is 11.8 Å². The Hall–Kier alpha value is -5.60. The van der Waals surface area contributed by atoms with Crippen LogP contribution in [0.1, 0.15) is 44.8 Å². The number of thioether (sulfide) groups is 1. The number of hydrogen-bond donors (Lipinski definition) is 3. The molecule has 0 spiro atoms. The Balaban J connectivity index is 1.40. The number of aryl methyl sites for hydroxylation is 2. The molecule has 5 rings (SSSR count). The predicted octanol–water partition coefficient (Wildman–Crippen LogP) is 8.58. The summed E-state index contributed by atoms with van der Waals surface area (Å²) in [5.41, 5.74) is 5.32. The minimum atomic E-state index is -0.562. The van der Waals surface area contributed by atoms with Crippen LogP contribution in [0.2, 0.25) is 0 Å². The van der Waals surface area contributed by atoms with Gasteiger partial charge < -0.3 is 20.7 Å². The number of carbonyl (C=O) groups excluding carboxylic acids is 3. The lowest BCUT2D eigenvalue weighted by atomic mass is 10.1. The molecule has 7 nitrogen and oxygen atoms in total. The highest BCUT2D eigenvalue weighted by Crippen LogP contribution is 2.37. The van der Waals surface area contributed by atoms with Gasteiger partial charge in [-0.25, -0.2) is 0 Å². The zero-order chi connectivity index (χ0) is 33.9. The average Bonchev–Trinajstić information content (AvgIpc) is 3.10. The SMILES string of the molecule is CCOc1ccccc1/C=C(/NC(=O)c1ccccc1)C(=O)Nc1cccc(SC(C(=O)Nc2ccc(C)cc2C)c2ccccc2)c1. The van der Waals surface area contributed by atoms with Crippen molar-refractivity contribution >= 4 is 46.9 Å². The summed E-state index contributed by atoms with van der Waals surface area (Å²) in [7, 11) is 0. The van der Waals surface area contributed by atoms with E-state index < -0.39 is 17.1 Å². The molecule has 3 N–H and O–H groups in total. The third kappa shape index (κ3) is 9.02. The fraction of sp³-hybridized carbons (Fsp3) is 0.125. The third-order valence-corrected chi connectivity index (χ3v) is 8.62. The summed E-state index contributed by atoms with van der Waals surface area (Å²) in [5, 5.41) is 8.25. The monoisotopic (exact) mass is 655 g/mol. The molecule has 0 aliphatic rings. The van der Waals surface area contributed by atoms with Crippen molar-refractivity contribution in [3.05, 3.63) is 161 Å². The fourth-order valence-corrected chi connectivity index (χ4v) is 6.10. The molecule has 5 aromatic carbocycles. The summed E-state index contributed by atoms with van der Waals surface area (Å²) in [6, 6.07) is 38.8. The molecule has 0 aliphatic heterocycles. The maximum absolute atomic E-state index is 13.8. The first-order valence-electron chi connectivity index (χ1n) is 15.6. The van der Waals surface area contributed by atoms with Crippen LogP contribution in [-0.2, 0) is 9.59 Å². The van der Waals surface area contributed by atoms with Gasteiger partial charge in [0.1, 0.15) is 16.7 Å². The van der Waals surface area contributed by atoms with Gasteiger partial charge in [0, 0.05) is 27.4 Å². The van der Waals surface area contributed by atoms with Gasteiger partial charge in [-0.3, -0.25) is 14.4 Å². The first-order valence-corrected chi connectivity index (χ1v) is 16.5. The normalized spacial score (nSPS) is 11.7. The number of anilines is 2. The van der Waals surface area contributed by atoms with Crippen molar-refractivity contribution in [1.82, 2.24) is 5.32 Å². The predicted molar refractivity (Wildman–Crippen MR) is 194 cm³/mol. The summed E-state index contributed by atoms with van der Waals surface area (Å²) < 4.78 is 5.76. The van der Waals surface area contributed by atoms with E-state index in [2.05, 4.69) is 16.0 Å². The smallest absolute Gasteiger partial charge is 0.272 e. The lowest BCUT2D eigenvalue weighted by molar-refractivity contribution is -0.116. The van der Waals surface area contributed by atoms with Crippen molar-refractivity contribution in [3.63, 3.8) is 0 Å². The van der Waals surface area contributed by atoms with Crippen LogP contribution in [0, 0.1) is 13.8 Å². The number of ether oxygens (including phenoxy) is 1. The zero-order valence-corrected chi connectivity index (χ0v) is 27.8. The Bertz CT molecular complexity index is 1930. The van der Waals surface area contributed by atoms with Crippen LogP contribution in [0.3, 0.4) is 0 Å². The minimum absolute atomic E-state index is 0.0454. The lowest BCUT2D eigenvalue weighted by Gasteiger charge is -2.19. The molecule has 0 aromatic heterocycles. The molecule has 0 fully saturated rings. The van der Waals surface area contributed by atoms with E-state index in [0.29, 0.717) is 29.2 Å². The standard InChI is InChI=1S/C40H37N3O4S/c1-4-47-36-21-12-11-18-31(36)25-35(43-38(44)30-16-9-6-10-17-30)39(45)41-32-19-13-20-33(26-32)48-37(29-14-7-5-8-15-29)40(46)42-34-23-22-27(2)24-28(34)3/h5-26,37H,4H2,1-3H3,(H,41,45)(H,42,46)(H,43,44)/b35-25+. The minimum Gasteiger partial charge on any atom is -0.493 e. The van der Waals surface area contributed by atoms with E-state index >= 15 is 0 Å². The highest BCUT2D eigenvalue weighted by molar-refractivity contribution is 8.00. The Kier molecular flexibility index (Phi) is 11.5. The summed E-state index contributed by atoms with van der Waals surface area (Å²) >= 11 is 1.38. The zero-order valence-electron chi connectivity index (χ0n) is 27.0. The molecule has 1 unspecified atom stereocenters. The van der Waals surface area contributed by atoms with Crippen molar-refractivity contribution in [2.75, 3.05) is 17.2 Å². The summed E-state index contributed by atoms with van der Waals surface area (Å²) in [5.74, 6) is -0.506. The number of para-hydroxylation sites is 1. The first-order chi connectivity index (χ1) is 23.3. The van der Waals surface area contributed by atoms with Gasteiger partial charge in [0.15, 0.2) is 0 Å². The number of benzene rings is 5. The number of nitrogens with one attached hydrogen (secondary N) is 3. The Morgan fingerprint density at radius 1 is 0.771 bits per heavy atom. The molecule has 0 aliphatic carbocycles. The van der Waals surface area contributed by atoms with Crippen molar-refractivity contribution in [2.24, 2.45) is 0 Å². The van der Waals surface area contributed by atoms with Gasteiger partial charge in [-0.1, -0.05) is 90.5 Å². The lowest BCUT2D eigenvalue weighted by Crippen LogP contribution is -2.30. The molecule has 0 bridgehead atoms. The second-order valence-corrected chi connectivity index (χ2v) is 12.2. The van der Waals surface area contributed by atoms with Gasteiger partial charge in [0.2, 0.25) is 5.91 Å². The summed E-state index contributed by atoms with van der Waals surface area (Å²) in [6.07, 6.45) is 1.60.